The Bertz CT molecular complexity index is 808. The lowest BCUT2D eigenvalue weighted by atomic mass is 10.1. The van der Waals surface area contributed by atoms with Crippen molar-refractivity contribution in [3.8, 4) is 5.75 Å². The quantitative estimate of drug-likeness (QED) is 0.178. The Kier molecular flexibility index (Phi) is 8.07. The Balaban J connectivity index is 2.17. The molecule has 1 aliphatic heterocycles. The van der Waals surface area contributed by atoms with Gasteiger partial charge in [0.05, 0.1) is 12.2 Å². The largest absolute Gasteiger partial charge is 0.435 e. The smallest absolute Gasteiger partial charge is 0.336 e. The van der Waals surface area contributed by atoms with Gasteiger partial charge < -0.3 is 18.6 Å². The molecule has 172 valence electrons. The third-order valence-corrected chi connectivity index (χ3v) is 23.9. The number of esters is 2. The first kappa shape index (κ1) is 25.5. The van der Waals surface area contributed by atoms with Crippen molar-refractivity contribution in [3.05, 3.63) is 42.5 Å². The predicted molar refractivity (Wildman–Crippen MR) is 126 cm³/mol. The van der Waals surface area contributed by atoms with Crippen molar-refractivity contribution < 1.29 is 28.2 Å². The highest BCUT2D eigenvalue weighted by molar-refractivity contribution is 7.39. The van der Waals surface area contributed by atoms with Gasteiger partial charge in [0.2, 0.25) is 0 Å². The summed E-state index contributed by atoms with van der Waals surface area (Å²) in [5, 5.41) is 0. The summed E-state index contributed by atoms with van der Waals surface area (Å²) >= 11 is 0. The summed E-state index contributed by atoms with van der Waals surface area (Å²) in [6, 6.07) is 9.65. The molecule has 0 N–H and O–H groups in total. The Morgan fingerprint density at radius 1 is 1.13 bits per heavy atom. The summed E-state index contributed by atoms with van der Waals surface area (Å²) in [6.45, 7) is 15.3. The first-order valence-corrected chi connectivity index (χ1v) is 17.5. The average Bonchev–Trinajstić information content (AvgIpc) is 2.68. The van der Waals surface area contributed by atoms with Crippen molar-refractivity contribution in [2.24, 2.45) is 0 Å². The summed E-state index contributed by atoms with van der Waals surface area (Å²) < 4.78 is 23.9. The molecule has 0 spiro atoms. The Labute approximate surface area is 187 Å². The first-order valence-electron chi connectivity index (χ1n) is 10.9. The summed E-state index contributed by atoms with van der Waals surface area (Å²) in [6.07, 6.45) is 3.90. The molecule has 1 aromatic rings. The fourth-order valence-corrected chi connectivity index (χ4v) is 17.1. The lowest BCUT2D eigenvalue weighted by Gasteiger charge is -2.56. The van der Waals surface area contributed by atoms with E-state index in [1.807, 2.05) is 19.9 Å². The molecule has 1 saturated heterocycles. The molecule has 1 aromatic carbocycles. The maximum atomic E-state index is 12.7. The molecule has 8 heteroatoms. The number of hydrogen-bond acceptors (Lipinski definition) is 6. The van der Waals surface area contributed by atoms with Crippen LogP contribution in [0.5, 0.6) is 5.75 Å². The molecule has 0 saturated carbocycles. The zero-order chi connectivity index (χ0) is 23.3. The van der Waals surface area contributed by atoms with E-state index in [0.717, 1.165) is 31.0 Å². The fraction of sp³-hybridized carbons (Fsp3) is 0.565. The van der Waals surface area contributed by atoms with Gasteiger partial charge in [-0.05, 0) is 64.9 Å². The number of benzene rings is 1. The molecular formula is C23H36O6Si2. The zero-order valence-electron chi connectivity index (χ0n) is 19.8. The van der Waals surface area contributed by atoms with Crippen molar-refractivity contribution >= 4 is 27.4 Å². The second kappa shape index (κ2) is 9.81. The van der Waals surface area contributed by atoms with Crippen molar-refractivity contribution in [1.82, 2.24) is 0 Å². The number of para-hydroxylation sites is 1. The molecule has 0 amide bonds. The van der Waals surface area contributed by atoms with E-state index in [1.165, 1.54) is 0 Å². The summed E-state index contributed by atoms with van der Waals surface area (Å²) in [7, 11) is -4.53. The topological polar surface area (TPSA) is 71.1 Å². The van der Waals surface area contributed by atoms with Crippen LogP contribution in [0.25, 0.3) is 0 Å². The van der Waals surface area contributed by atoms with Gasteiger partial charge in [0, 0.05) is 12.2 Å². The summed E-state index contributed by atoms with van der Waals surface area (Å²) in [5.74, 6) is -0.844. The van der Waals surface area contributed by atoms with Gasteiger partial charge in [0.25, 0.3) is 0 Å². The van der Waals surface area contributed by atoms with E-state index in [2.05, 4.69) is 33.5 Å². The molecule has 2 atom stereocenters. The number of ether oxygens (including phenoxy) is 3. The van der Waals surface area contributed by atoms with Crippen molar-refractivity contribution in [1.29, 1.82) is 0 Å². The van der Waals surface area contributed by atoms with E-state index in [9.17, 15) is 9.59 Å². The van der Waals surface area contributed by atoms with Gasteiger partial charge in [-0.25, -0.2) is 9.59 Å². The third kappa shape index (κ3) is 6.15. The normalized spacial score (nSPS) is 24.4. The van der Waals surface area contributed by atoms with Crippen LogP contribution in [-0.2, 0) is 23.5 Å². The van der Waals surface area contributed by atoms with Crippen LogP contribution in [0.1, 0.15) is 40.5 Å². The van der Waals surface area contributed by atoms with Gasteiger partial charge >= 0.3 is 11.9 Å². The lowest BCUT2D eigenvalue weighted by molar-refractivity contribution is -0.188. The van der Waals surface area contributed by atoms with Crippen LogP contribution in [0.15, 0.2) is 42.5 Å². The van der Waals surface area contributed by atoms with Gasteiger partial charge in [-0.3, -0.25) is 0 Å². The maximum Gasteiger partial charge on any atom is 0.336 e. The van der Waals surface area contributed by atoms with Crippen LogP contribution >= 0.6 is 0 Å². The third-order valence-electron chi connectivity index (χ3n) is 6.28. The van der Waals surface area contributed by atoms with E-state index < -0.39 is 32.8 Å². The molecule has 0 aliphatic carbocycles. The predicted octanol–water partition coefficient (Wildman–Crippen LogP) is 4.93. The molecule has 0 radical (unpaired) electrons. The lowest BCUT2D eigenvalue weighted by Crippen LogP contribution is -2.76. The maximum absolute atomic E-state index is 12.7. The monoisotopic (exact) mass is 464 g/mol. The van der Waals surface area contributed by atoms with Crippen LogP contribution < -0.4 is 4.74 Å². The summed E-state index contributed by atoms with van der Waals surface area (Å²) in [4.78, 5) is 24.7. The molecule has 2 unspecified atom stereocenters. The first-order chi connectivity index (χ1) is 14.3. The van der Waals surface area contributed by atoms with Gasteiger partial charge in [0.15, 0.2) is 20.8 Å². The van der Waals surface area contributed by atoms with E-state index in [0.29, 0.717) is 12.4 Å². The highest BCUT2D eigenvalue weighted by Crippen LogP contribution is 2.45. The molecule has 2 rings (SSSR count). The second-order valence-electron chi connectivity index (χ2n) is 9.49. The van der Waals surface area contributed by atoms with Crippen molar-refractivity contribution in [3.63, 3.8) is 0 Å². The number of rotatable bonds is 8. The molecule has 0 bridgehead atoms. The number of carbonyl (C=O) groups is 2. The molecule has 6 nitrogen and oxygen atoms in total. The number of hydrogen-bond donors (Lipinski definition) is 0. The average molecular weight is 465 g/mol. The zero-order valence-corrected chi connectivity index (χ0v) is 21.8. The Morgan fingerprint density at radius 2 is 1.74 bits per heavy atom. The van der Waals surface area contributed by atoms with E-state index in [4.69, 9.17) is 18.6 Å². The molecule has 1 fully saturated rings. The number of carbonyl (C=O) groups excluding carboxylic acids is 2. The highest BCUT2D eigenvalue weighted by Gasteiger charge is 2.65. The molecule has 1 aliphatic rings. The minimum absolute atomic E-state index is 0.182. The molecular weight excluding hydrogens is 428 g/mol. The Morgan fingerprint density at radius 3 is 2.32 bits per heavy atom. The van der Waals surface area contributed by atoms with E-state index in [-0.39, 0.29) is 5.60 Å². The van der Waals surface area contributed by atoms with E-state index >= 15 is 0 Å². The Hall–Kier alpha value is -1.75. The van der Waals surface area contributed by atoms with Crippen LogP contribution in [0.4, 0.5) is 0 Å². The van der Waals surface area contributed by atoms with Crippen LogP contribution in [-0.4, -0.2) is 45.0 Å². The fourth-order valence-electron chi connectivity index (χ4n) is 4.08. The SMILES string of the molecule is CCCOC(C)(OC(=O)C=CC(=O)Oc1ccccc1)[Si]1(C)CCC(C)(C)O[Si]1(C)C. The van der Waals surface area contributed by atoms with Crippen LogP contribution in [0.2, 0.25) is 25.7 Å². The minimum atomic E-state index is -2.32. The second-order valence-corrected chi connectivity index (χ2v) is 23.7. The van der Waals surface area contributed by atoms with Crippen molar-refractivity contribution in [2.45, 2.75) is 77.2 Å². The summed E-state index contributed by atoms with van der Waals surface area (Å²) in [5.41, 5.74) is -1.22. The molecule has 1 heterocycles. The van der Waals surface area contributed by atoms with Gasteiger partial charge in [-0.15, -0.1) is 0 Å². The van der Waals surface area contributed by atoms with Gasteiger partial charge in [-0.2, -0.15) is 0 Å². The molecule has 31 heavy (non-hydrogen) atoms. The van der Waals surface area contributed by atoms with Crippen LogP contribution in [0, 0.1) is 0 Å². The minimum Gasteiger partial charge on any atom is -0.435 e. The van der Waals surface area contributed by atoms with Crippen molar-refractivity contribution in [2.75, 3.05) is 6.61 Å². The van der Waals surface area contributed by atoms with E-state index in [1.54, 1.807) is 24.3 Å². The van der Waals surface area contributed by atoms with Crippen LogP contribution in [0.3, 0.4) is 0 Å². The van der Waals surface area contributed by atoms with Gasteiger partial charge in [-0.1, -0.05) is 31.7 Å². The standard InChI is InChI=1S/C23H36O6Si2/c1-8-17-26-23(4,31(7)18-16-22(2,3)29-30(31,5)6)28-21(25)15-14-20(24)27-19-12-10-9-11-13-19/h9-15H,8,16-18H2,1-7H3. The van der Waals surface area contributed by atoms with Gasteiger partial charge in [0.1, 0.15) is 5.75 Å². The molecule has 0 aromatic heterocycles. The highest BCUT2D eigenvalue weighted by atomic mass is 29.3.